The SMILES string of the molecule is Cc1cc(NCc2ccncc2)c([N+](=O)[O-])cc1F. The third kappa shape index (κ3) is 3.04. The molecule has 5 nitrogen and oxygen atoms in total. The zero-order chi connectivity index (χ0) is 13.8. The van der Waals surface area contributed by atoms with Crippen LogP contribution in [0.2, 0.25) is 0 Å². The van der Waals surface area contributed by atoms with Gasteiger partial charge in [-0.05, 0) is 36.2 Å². The minimum absolute atomic E-state index is 0.267. The Morgan fingerprint density at radius 1 is 1.37 bits per heavy atom. The van der Waals surface area contributed by atoms with Crippen molar-refractivity contribution in [3.8, 4) is 0 Å². The second-order valence-corrected chi connectivity index (χ2v) is 4.08. The van der Waals surface area contributed by atoms with E-state index in [9.17, 15) is 14.5 Å². The Morgan fingerprint density at radius 3 is 2.68 bits per heavy atom. The number of pyridine rings is 1. The summed E-state index contributed by atoms with van der Waals surface area (Å²) in [5.74, 6) is -0.582. The van der Waals surface area contributed by atoms with Crippen LogP contribution in [0.1, 0.15) is 11.1 Å². The van der Waals surface area contributed by atoms with Gasteiger partial charge in [0.2, 0.25) is 0 Å². The van der Waals surface area contributed by atoms with Crippen LogP contribution in [-0.4, -0.2) is 9.91 Å². The summed E-state index contributed by atoms with van der Waals surface area (Å²) in [4.78, 5) is 14.2. The number of nitrogens with one attached hydrogen (secondary N) is 1. The zero-order valence-electron chi connectivity index (χ0n) is 10.3. The molecule has 19 heavy (non-hydrogen) atoms. The van der Waals surface area contributed by atoms with E-state index in [0.29, 0.717) is 17.8 Å². The third-order valence-corrected chi connectivity index (χ3v) is 2.71. The number of benzene rings is 1. The summed E-state index contributed by atoms with van der Waals surface area (Å²) in [5, 5.41) is 13.8. The van der Waals surface area contributed by atoms with Gasteiger partial charge < -0.3 is 5.32 Å². The van der Waals surface area contributed by atoms with E-state index in [0.717, 1.165) is 11.6 Å². The summed E-state index contributed by atoms with van der Waals surface area (Å²) in [6.07, 6.45) is 3.28. The number of anilines is 1. The molecule has 0 unspecified atom stereocenters. The molecule has 0 saturated heterocycles. The highest BCUT2D eigenvalue weighted by Gasteiger charge is 2.16. The van der Waals surface area contributed by atoms with Crippen LogP contribution in [0.25, 0.3) is 0 Å². The molecule has 0 aliphatic heterocycles. The van der Waals surface area contributed by atoms with Gasteiger partial charge in [-0.3, -0.25) is 15.1 Å². The van der Waals surface area contributed by atoms with E-state index < -0.39 is 10.7 Å². The number of aromatic nitrogens is 1. The van der Waals surface area contributed by atoms with E-state index >= 15 is 0 Å². The van der Waals surface area contributed by atoms with Gasteiger partial charge in [-0.1, -0.05) is 0 Å². The quantitative estimate of drug-likeness (QED) is 0.678. The maximum atomic E-state index is 13.3. The first-order valence-corrected chi connectivity index (χ1v) is 5.65. The lowest BCUT2D eigenvalue weighted by molar-refractivity contribution is -0.384. The minimum atomic E-state index is -0.600. The Hall–Kier alpha value is -2.50. The fraction of sp³-hybridized carbons (Fsp3) is 0.154. The lowest BCUT2D eigenvalue weighted by atomic mass is 10.1. The van der Waals surface area contributed by atoms with Crippen molar-refractivity contribution >= 4 is 11.4 Å². The Labute approximate surface area is 109 Å². The maximum absolute atomic E-state index is 13.3. The molecule has 1 aromatic heterocycles. The van der Waals surface area contributed by atoms with E-state index in [-0.39, 0.29) is 5.69 Å². The van der Waals surface area contributed by atoms with Crippen LogP contribution in [-0.2, 0) is 6.54 Å². The van der Waals surface area contributed by atoms with Gasteiger partial charge in [0.05, 0.1) is 11.0 Å². The highest BCUT2D eigenvalue weighted by Crippen LogP contribution is 2.27. The average Bonchev–Trinajstić information content (AvgIpc) is 2.40. The third-order valence-electron chi connectivity index (χ3n) is 2.71. The van der Waals surface area contributed by atoms with Crippen molar-refractivity contribution in [2.45, 2.75) is 13.5 Å². The molecular formula is C13H12FN3O2. The first-order chi connectivity index (χ1) is 9.08. The molecule has 2 aromatic rings. The van der Waals surface area contributed by atoms with Crippen molar-refractivity contribution in [3.63, 3.8) is 0 Å². The molecule has 0 radical (unpaired) electrons. The van der Waals surface area contributed by atoms with E-state index in [1.807, 2.05) is 0 Å². The van der Waals surface area contributed by atoms with Crippen molar-refractivity contribution in [2.75, 3.05) is 5.32 Å². The zero-order valence-corrected chi connectivity index (χ0v) is 10.3. The van der Waals surface area contributed by atoms with Crippen LogP contribution in [0.4, 0.5) is 15.8 Å². The van der Waals surface area contributed by atoms with E-state index in [2.05, 4.69) is 10.3 Å². The molecular weight excluding hydrogens is 249 g/mol. The van der Waals surface area contributed by atoms with E-state index in [1.54, 1.807) is 31.5 Å². The molecule has 0 aliphatic rings. The fourth-order valence-electron chi connectivity index (χ4n) is 1.66. The molecule has 0 aliphatic carbocycles. The molecule has 0 bridgehead atoms. The number of halogens is 1. The Bertz CT molecular complexity index is 602. The summed E-state index contributed by atoms with van der Waals surface area (Å²) >= 11 is 0. The van der Waals surface area contributed by atoms with Crippen molar-refractivity contribution in [1.82, 2.24) is 4.98 Å². The Balaban J connectivity index is 2.24. The van der Waals surface area contributed by atoms with Crippen molar-refractivity contribution < 1.29 is 9.31 Å². The lowest BCUT2D eigenvalue weighted by Gasteiger charge is -2.08. The van der Waals surface area contributed by atoms with Gasteiger partial charge in [-0.15, -0.1) is 0 Å². The molecule has 0 atom stereocenters. The Kier molecular flexibility index (Phi) is 3.70. The van der Waals surface area contributed by atoms with Crippen LogP contribution >= 0.6 is 0 Å². The number of aryl methyl sites for hydroxylation is 1. The van der Waals surface area contributed by atoms with Crippen LogP contribution in [0, 0.1) is 22.9 Å². The molecule has 1 heterocycles. The summed E-state index contributed by atoms with van der Waals surface area (Å²) in [5.41, 5.74) is 1.34. The van der Waals surface area contributed by atoms with Crippen molar-refractivity contribution in [3.05, 3.63) is 63.7 Å². The van der Waals surface area contributed by atoms with Gasteiger partial charge in [0.15, 0.2) is 0 Å². The molecule has 0 amide bonds. The molecule has 0 spiro atoms. The first kappa shape index (κ1) is 12.9. The van der Waals surface area contributed by atoms with Gasteiger partial charge in [0.25, 0.3) is 5.69 Å². The number of nitro benzene ring substituents is 1. The molecule has 1 N–H and O–H groups in total. The molecule has 0 fully saturated rings. The second kappa shape index (κ2) is 5.43. The van der Waals surface area contributed by atoms with Crippen molar-refractivity contribution in [1.29, 1.82) is 0 Å². The maximum Gasteiger partial charge on any atom is 0.295 e. The number of nitro groups is 1. The van der Waals surface area contributed by atoms with Gasteiger partial charge >= 0.3 is 0 Å². The molecule has 0 saturated carbocycles. The number of hydrogen-bond donors (Lipinski definition) is 1. The summed E-state index contributed by atoms with van der Waals surface area (Å²) in [7, 11) is 0. The number of rotatable bonds is 4. The van der Waals surface area contributed by atoms with Crippen molar-refractivity contribution in [2.24, 2.45) is 0 Å². The Morgan fingerprint density at radius 2 is 2.05 bits per heavy atom. The number of nitrogens with zero attached hydrogens (tertiary/aromatic N) is 2. The van der Waals surface area contributed by atoms with Gasteiger partial charge in [-0.25, -0.2) is 4.39 Å². The predicted octanol–water partition coefficient (Wildman–Crippen LogP) is 3.05. The van der Waals surface area contributed by atoms with Gasteiger partial charge in [0.1, 0.15) is 11.5 Å². The predicted molar refractivity (Wildman–Crippen MR) is 69.4 cm³/mol. The minimum Gasteiger partial charge on any atom is -0.375 e. The van der Waals surface area contributed by atoms with Crippen LogP contribution in [0.5, 0.6) is 0 Å². The highest BCUT2D eigenvalue weighted by atomic mass is 19.1. The fourth-order valence-corrected chi connectivity index (χ4v) is 1.66. The highest BCUT2D eigenvalue weighted by molar-refractivity contribution is 5.63. The van der Waals surface area contributed by atoms with Crippen LogP contribution in [0.15, 0.2) is 36.7 Å². The molecule has 98 valence electrons. The monoisotopic (exact) mass is 261 g/mol. The second-order valence-electron chi connectivity index (χ2n) is 4.08. The summed E-state index contributed by atoms with van der Waals surface area (Å²) in [6.45, 7) is 1.98. The van der Waals surface area contributed by atoms with Crippen LogP contribution in [0.3, 0.4) is 0 Å². The smallest absolute Gasteiger partial charge is 0.295 e. The number of hydrogen-bond acceptors (Lipinski definition) is 4. The summed E-state index contributed by atoms with van der Waals surface area (Å²) in [6, 6.07) is 5.98. The lowest BCUT2D eigenvalue weighted by Crippen LogP contribution is -2.04. The largest absolute Gasteiger partial charge is 0.375 e. The normalized spacial score (nSPS) is 10.2. The topological polar surface area (TPSA) is 68.1 Å². The van der Waals surface area contributed by atoms with Gasteiger partial charge in [-0.2, -0.15) is 0 Å². The standard InChI is InChI=1S/C13H12FN3O2/c1-9-6-12(13(17(18)19)7-11(9)14)16-8-10-2-4-15-5-3-10/h2-7,16H,8H2,1H3. The van der Waals surface area contributed by atoms with E-state index in [1.165, 1.54) is 6.07 Å². The summed E-state index contributed by atoms with van der Waals surface area (Å²) < 4.78 is 13.3. The first-order valence-electron chi connectivity index (χ1n) is 5.65. The van der Waals surface area contributed by atoms with E-state index in [4.69, 9.17) is 0 Å². The van der Waals surface area contributed by atoms with Crippen LogP contribution < -0.4 is 5.32 Å². The molecule has 2 rings (SSSR count). The van der Waals surface area contributed by atoms with Gasteiger partial charge in [0, 0.05) is 18.9 Å². The molecule has 6 heteroatoms. The molecule has 1 aromatic carbocycles. The average molecular weight is 261 g/mol.